The lowest BCUT2D eigenvalue weighted by atomic mass is 10.2. The van der Waals surface area contributed by atoms with Crippen LogP contribution in [0.1, 0.15) is 18.9 Å². The van der Waals surface area contributed by atoms with Crippen LogP contribution in [0, 0.1) is 11.3 Å². The van der Waals surface area contributed by atoms with Crippen molar-refractivity contribution in [1.29, 1.82) is 5.26 Å². The number of nitrogens with zero attached hydrogens (tertiary/aromatic N) is 1. The van der Waals surface area contributed by atoms with Crippen LogP contribution < -0.4 is 0 Å². The van der Waals surface area contributed by atoms with Crippen molar-refractivity contribution < 1.29 is 0 Å². The fourth-order valence-electron chi connectivity index (χ4n) is 0.920. The van der Waals surface area contributed by atoms with Crippen LogP contribution in [0.15, 0.2) is 23.1 Å². The molecule has 1 nitrogen and oxygen atoms in total. The van der Waals surface area contributed by atoms with Gasteiger partial charge in [0.2, 0.25) is 0 Å². The van der Waals surface area contributed by atoms with Crippen LogP contribution in [-0.4, -0.2) is 5.75 Å². The molecule has 13 heavy (non-hydrogen) atoms. The van der Waals surface area contributed by atoms with E-state index in [0.717, 1.165) is 17.1 Å². The molecule has 0 N–H and O–H groups in total. The van der Waals surface area contributed by atoms with Crippen LogP contribution in [0.2, 0.25) is 5.02 Å². The number of thioether (sulfide) groups is 1. The van der Waals surface area contributed by atoms with E-state index in [1.54, 1.807) is 23.9 Å². The second-order valence-electron chi connectivity index (χ2n) is 2.60. The molecule has 0 amide bonds. The maximum absolute atomic E-state index is 8.80. The normalized spacial score (nSPS) is 9.62. The van der Waals surface area contributed by atoms with E-state index < -0.39 is 0 Å². The standard InChI is InChI=1S/C10H10ClNS/c1-2-5-13-10-6-9(11)4-3-8(10)7-12/h3-4,6H,2,5H2,1H3. The molecule has 0 saturated heterocycles. The highest BCUT2D eigenvalue weighted by Crippen LogP contribution is 2.26. The summed E-state index contributed by atoms with van der Waals surface area (Å²) in [6.07, 6.45) is 1.10. The molecule has 0 bridgehead atoms. The lowest BCUT2D eigenvalue weighted by Crippen LogP contribution is -1.82. The largest absolute Gasteiger partial charge is 0.192 e. The van der Waals surface area contributed by atoms with Crippen molar-refractivity contribution in [1.82, 2.24) is 0 Å². The van der Waals surface area contributed by atoms with Gasteiger partial charge >= 0.3 is 0 Å². The zero-order valence-corrected chi connectivity index (χ0v) is 8.95. The average molecular weight is 212 g/mol. The van der Waals surface area contributed by atoms with Crippen LogP contribution >= 0.6 is 23.4 Å². The molecule has 68 valence electrons. The fraction of sp³-hybridized carbons (Fsp3) is 0.300. The van der Waals surface area contributed by atoms with Gasteiger partial charge in [-0.25, -0.2) is 0 Å². The van der Waals surface area contributed by atoms with Gasteiger partial charge in [0.1, 0.15) is 6.07 Å². The molecule has 1 rings (SSSR count). The van der Waals surface area contributed by atoms with E-state index in [-0.39, 0.29) is 0 Å². The van der Waals surface area contributed by atoms with E-state index in [2.05, 4.69) is 13.0 Å². The van der Waals surface area contributed by atoms with Crippen LogP contribution in [0.4, 0.5) is 0 Å². The predicted molar refractivity (Wildman–Crippen MR) is 57.2 cm³/mol. The van der Waals surface area contributed by atoms with E-state index in [0.29, 0.717) is 10.6 Å². The molecule has 0 aromatic heterocycles. The van der Waals surface area contributed by atoms with Crippen molar-refractivity contribution in [3.05, 3.63) is 28.8 Å². The average Bonchev–Trinajstić information content (AvgIpc) is 2.15. The number of benzene rings is 1. The Hall–Kier alpha value is -0.650. The predicted octanol–water partition coefficient (Wildman–Crippen LogP) is 3.71. The van der Waals surface area contributed by atoms with Gasteiger partial charge < -0.3 is 0 Å². The molecule has 1 aromatic rings. The molecule has 0 atom stereocenters. The highest BCUT2D eigenvalue weighted by atomic mass is 35.5. The molecule has 0 spiro atoms. The molecule has 0 aliphatic rings. The van der Waals surface area contributed by atoms with E-state index in [4.69, 9.17) is 16.9 Å². The summed E-state index contributed by atoms with van der Waals surface area (Å²) >= 11 is 7.51. The van der Waals surface area contributed by atoms with Crippen LogP contribution in [0.25, 0.3) is 0 Å². The lowest BCUT2D eigenvalue weighted by Gasteiger charge is -2.02. The summed E-state index contributed by atoms with van der Waals surface area (Å²) in [6.45, 7) is 2.11. The molecule has 0 aliphatic carbocycles. The highest BCUT2D eigenvalue weighted by molar-refractivity contribution is 7.99. The van der Waals surface area contributed by atoms with Gasteiger partial charge in [-0.3, -0.25) is 0 Å². The summed E-state index contributed by atoms with van der Waals surface area (Å²) in [5.41, 5.74) is 0.711. The Balaban J connectivity index is 2.89. The zero-order valence-electron chi connectivity index (χ0n) is 7.38. The number of hydrogen-bond acceptors (Lipinski definition) is 2. The zero-order chi connectivity index (χ0) is 9.68. The van der Waals surface area contributed by atoms with E-state index in [1.165, 1.54) is 0 Å². The third-order valence-electron chi connectivity index (χ3n) is 1.53. The molecule has 1 aromatic carbocycles. The molecule has 0 heterocycles. The van der Waals surface area contributed by atoms with Crippen LogP contribution in [-0.2, 0) is 0 Å². The Bertz CT molecular complexity index is 330. The molecule has 0 unspecified atom stereocenters. The number of hydrogen-bond donors (Lipinski definition) is 0. The summed E-state index contributed by atoms with van der Waals surface area (Å²) in [4.78, 5) is 0.983. The maximum atomic E-state index is 8.80. The quantitative estimate of drug-likeness (QED) is 0.712. The smallest absolute Gasteiger partial charge is 0.100 e. The summed E-state index contributed by atoms with van der Waals surface area (Å²) in [5, 5.41) is 9.49. The third-order valence-corrected chi connectivity index (χ3v) is 3.02. The Morgan fingerprint density at radius 1 is 1.54 bits per heavy atom. The first-order valence-corrected chi connectivity index (χ1v) is 5.46. The molecule has 3 heteroatoms. The Kier molecular flexibility index (Phi) is 4.14. The fourth-order valence-corrected chi connectivity index (χ4v) is 2.06. The number of halogens is 1. The van der Waals surface area contributed by atoms with Crippen molar-refractivity contribution in [2.24, 2.45) is 0 Å². The summed E-state index contributed by atoms with van der Waals surface area (Å²) in [6, 6.07) is 7.51. The lowest BCUT2D eigenvalue weighted by molar-refractivity contribution is 1.10. The molecular weight excluding hydrogens is 202 g/mol. The van der Waals surface area contributed by atoms with Gasteiger partial charge in [0.15, 0.2) is 0 Å². The van der Waals surface area contributed by atoms with Crippen molar-refractivity contribution >= 4 is 23.4 Å². The topological polar surface area (TPSA) is 23.8 Å². The van der Waals surface area contributed by atoms with E-state index in [9.17, 15) is 0 Å². The first-order valence-electron chi connectivity index (χ1n) is 4.10. The summed E-state index contributed by atoms with van der Waals surface area (Å²) < 4.78 is 0. The van der Waals surface area contributed by atoms with E-state index >= 15 is 0 Å². The van der Waals surface area contributed by atoms with Crippen molar-refractivity contribution in [3.8, 4) is 6.07 Å². The molecule has 0 saturated carbocycles. The minimum absolute atomic E-state index is 0.692. The first kappa shape index (κ1) is 10.4. The van der Waals surface area contributed by atoms with Crippen molar-refractivity contribution in [2.45, 2.75) is 18.2 Å². The van der Waals surface area contributed by atoms with Gasteiger partial charge in [-0.2, -0.15) is 5.26 Å². The first-order chi connectivity index (χ1) is 6.27. The Morgan fingerprint density at radius 3 is 2.92 bits per heavy atom. The van der Waals surface area contributed by atoms with Gasteiger partial charge in [0.25, 0.3) is 0 Å². The van der Waals surface area contributed by atoms with E-state index in [1.807, 2.05) is 6.07 Å². The summed E-state index contributed by atoms with van der Waals surface area (Å²) in [7, 11) is 0. The summed E-state index contributed by atoms with van der Waals surface area (Å²) in [5.74, 6) is 1.02. The number of rotatable bonds is 3. The van der Waals surface area contributed by atoms with Crippen molar-refractivity contribution in [3.63, 3.8) is 0 Å². The Labute approximate surface area is 87.7 Å². The van der Waals surface area contributed by atoms with Gasteiger partial charge in [-0.1, -0.05) is 18.5 Å². The monoisotopic (exact) mass is 211 g/mol. The molecule has 0 aliphatic heterocycles. The Morgan fingerprint density at radius 2 is 2.31 bits per heavy atom. The SMILES string of the molecule is CCCSc1cc(Cl)ccc1C#N. The second kappa shape index (κ2) is 5.16. The van der Waals surface area contributed by atoms with Crippen LogP contribution in [0.3, 0.4) is 0 Å². The highest BCUT2D eigenvalue weighted by Gasteiger charge is 2.02. The molecule has 0 fully saturated rings. The van der Waals surface area contributed by atoms with Gasteiger partial charge in [-0.05, 0) is 30.4 Å². The van der Waals surface area contributed by atoms with Gasteiger partial charge in [0, 0.05) is 9.92 Å². The van der Waals surface area contributed by atoms with Crippen LogP contribution in [0.5, 0.6) is 0 Å². The third kappa shape index (κ3) is 2.95. The maximum Gasteiger partial charge on any atom is 0.100 e. The minimum Gasteiger partial charge on any atom is -0.192 e. The molecule has 0 radical (unpaired) electrons. The molecular formula is C10H10ClNS. The van der Waals surface area contributed by atoms with Gasteiger partial charge in [-0.15, -0.1) is 11.8 Å². The van der Waals surface area contributed by atoms with Crippen molar-refractivity contribution in [2.75, 3.05) is 5.75 Å². The second-order valence-corrected chi connectivity index (χ2v) is 4.17. The number of nitriles is 1. The van der Waals surface area contributed by atoms with Gasteiger partial charge in [0.05, 0.1) is 5.56 Å². The minimum atomic E-state index is 0.692.